The average Bonchev–Trinajstić information content (AvgIpc) is 3.19. The van der Waals surface area contributed by atoms with Crippen molar-refractivity contribution in [2.75, 3.05) is 0 Å². The van der Waals surface area contributed by atoms with Crippen molar-refractivity contribution in [1.29, 1.82) is 0 Å². The van der Waals surface area contributed by atoms with Gasteiger partial charge in [-0.15, -0.1) is 11.3 Å². The number of benzene rings is 2. The number of ether oxygens (including phenoxy) is 1. The van der Waals surface area contributed by atoms with E-state index in [-0.39, 0.29) is 5.82 Å². The number of fused-ring (bicyclic) bond motifs is 1. The molecule has 0 amide bonds. The topological polar surface area (TPSA) is 44.1 Å². The molecule has 0 radical (unpaired) electrons. The van der Waals surface area contributed by atoms with Crippen molar-refractivity contribution in [3.05, 3.63) is 70.9 Å². The van der Waals surface area contributed by atoms with E-state index in [9.17, 15) is 9.18 Å². The smallest absolute Gasteiger partial charge is 0.353 e. The van der Waals surface area contributed by atoms with Crippen LogP contribution in [0, 0.1) is 12.7 Å². The van der Waals surface area contributed by atoms with Crippen molar-refractivity contribution in [3.63, 3.8) is 0 Å². The van der Waals surface area contributed by atoms with E-state index in [1.54, 1.807) is 42.1 Å². The minimum atomic E-state index is -0.431. The van der Waals surface area contributed by atoms with Crippen molar-refractivity contribution in [3.8, 4) is 17.0 Å². The number of nitrogens with zero attached hydrogens (tertiary/aromatic N) is 2. The summed E-state index contributed by atoms with van der Waals surface area (Å²) in [5.74, 6) is -0.245. The average molecular weight is 366 g/mol. The number of hydrogen-bond acceptors (Lipinski definition) is 4. The number of esters is 1. The van der Waals surface area contributed by atoms with E-state index < -0.39 is 5.97 Å². The van der Waals surface area contributed by atoms with Crippen LogP contribution in [0.25, 0.3) is 21.5 Å². The predicted molar refractivity (Wildman–Crippen MR) is 100 cm³/mol. The number of aryl methyl sites for hydroxylation is 2. The number of carbonyl (C=O) groups is 1. The van der Waals surface area contributed by atoms with E-state index in [1.807, 2.05) is 25.1 Å². The Hall–Kier alpha value is -2.99. The van der Waals surface area contributed by atoms with E-state index in [4.69, 9.17) is 4.74 Å². The van der Waals surface area contributed by atoms with Gasteiger partial charge in [0.2, 0.25) is 0 Å². The summed E-state index contributed by atoms with van der Waals surface area (Å²) in [4.78, 5) is 13.8. The third-order valence-corrected chi connectivity index (χ3v) is 5.32. The molecule has 4 aromatic rings. The van der Waals surface area contributed by atoms with Gasteiger partial charge in [-0.05, 0) is 36.8 Å². The number of rotatable bonds is 3. The molecule has 2 heterocycles. The Morgan fingerprint density at radius 2 is 1.88 bits per heavy atom. The second kappa shape index (κ2) is 6.38. The van der Waals surface area contributed by atoms with Crippen molar-refractivity contribution in [1.82, 2.24) is 9.78 Å². The maximum absolute atomic E-state index is 14.2. The Kier molecular flexibility index (Phi) is 4.05. The lowest BCUT2D eigenvalue weighted by Gasteiger charge is -2.05. The molecule has 130 valence electrons. The maximum atomic E-state index is 14.2. The zero-order valence-electron chi connectivity index (χ0n) is 14.2. The molecule has 2 aromatic carbocycles. The molecule has 0 aliphatic carbocycles. The fraction of sp³-hybridized carbons (Fsp3) is 0.100. The summed E-state index contributed by atoms with van der Waals surface area (Å²) in [6.07, 6.45) is 0. The molecule has 0 aliphatic rings. The van der Waals surface area contributed by atoms with Gasteiger partial charge in [0.25, 0.3) is 0 Å². The molecule has 6 heteroatoms. The van der Waals surface area contributed by atoms with Crippen molar-refractivity contribution in [2.24, 2.45) is 7.05 Å². The van der Waals surface area contributed by atoms with Crippen molar-refractivity contribution < 1.29 is 13.9 Å². The molecule has 2 aromatic heterocycles. The molecule has 0 aliphatic heterocycles. The largest absolute Gasteiger partial charge is 0.422 e. The van der Waals surface area contributed by atoms with E-state index in [1.165, 1.54) is 17.4 Å². The van der Waals surface area contributed by atoms with Crippen molar-refractivity contribution in [2.45, 2.75) is 6.92 Å². The Bertz CT molecular complexity index is 1130. The molecule has 26 heavy (non-hydrogen) atoms. The quantitative estimate of drug-likeness (QED) is 0.380. The summed E-state index contributed by atoms with van der Waals surface area (Å²) in [5, 5.41) is 5.15. The third-order valence-electron chi connectivity index (χ3n) is 4.14. The van der Waals surface area contributed by atoms with Crippen LogP contribution >= 0.6 is 11.3 Å². The highest BCUT2D eigenvalue weighted by Gasteiger charge is 2.20. The van der Waals surface area contributed by atoms with E-state index >= 15 is 0 Å². The van der Waals surface area contributed by atoms with Gasteiger partial charge in [0.05, 0.1) is 0 Å². The van der Waals surface area contributed by atoms with Gasteiger partial charge in [0, 0.05) is 18.0 Å². The van der Waals surface area contributed by atoms with Crippen LogP contribution in [0.4, 0.5) is 4.39 Å². The highest BCUT2D eigenvalue weighted by Crippen LogP contribution is 2.35. The SMILES string of the molecule is Cc1ccccc1OC(=O)c1cc2c(-c3ccccc3F)nn(C)c2s1. The number of halogens is 1. The molecule has 0 fully saturated rings. The summed E-state index contributed by atoms with van der Waals surface area (Å²) in [7, 11) is 1.78. The first-order valence-electron chi connectivity index (χ1n) is 8.04. The highest BCUT2D eigenvalue weighted by molar-refractivity contribution is 7.20. The second-order valence-corrected chi connectivity index (χ2v) is 6.97. The Morgan fingerprint density at radius 3 is 2.65 bits per heavy atom. The van der Waals surface area contributed by atoms with Crippen molar-refractivity contribution >= 4 is 27.5 Å². The standard InChI is InChI=1S/C20H15FN2O2S/c1-12-7-3-6-10-16(12)25-20(24)17-11-14-18(22-23(2)19(14)26-17)13-8-4-5-9-15(13)21/h3-11H,1-2H3. The molecule has 0 saturated heterocycles. The van der Waals surface area contributed by atoms with Gasteiger partial charge in [0.1, 0.15) is 27.0 Å². The number of thiophene rings is 1. The first-order valence-corrected chi connectivity index (χ1v) is 8.85. The number of aromatic nitrogens is 2. The number of hydrogen-bond donors (Lipinski definition) is 0. The maximum Gasteiger partial charge on any atom is 0.353 e. The predicted octanol–water partition coefficient (Wildman–Crippen LogP) is 4.97. The lowest BCUT2D eigenvalue weighted by atomic mass is 10.1. The molecular formula is C20H15FN2O2S. The second-order valence-electron chi connectivity index (χ2n) is 5.94. The normalized spacial score (nSPS) is 11.0. The minimum Gasteiger partial charge on any atom is -0.422 e. The zero-order valence-corrected chi connectivity index (χ0v) is 15.0. The van der Waals surface area contributed by atoms with Crippen LogP contribution in [0.15, 0.2) is 54.6 Å². The molecule has 4 rings (SSSR count). The van der Waals surface area contributed by atoms with Crippen LogP contribution in [-0.4, -0.2) is 15.7 Å². The van der Waals surface area contributed by atoms with Gasteiger partial charge in [-0.2, -0.15) is 5.10 Å². The monoisotopic (exact) mass is 366 g/mol. The molecule has 0 N–H and O–H groups in total. The fourth-order valence-corrected chi connectivity index (χ4v) is 3.76. The van der Waals surface area contributed by atoms with Gasteiger partial charge in [-0.25, -0.2) is 9.18 Å². The van der Waals surface area contributed by atoms with Crippen LogP contribution in [-0.2, 0) is 7.05 Å². The van der Waals surface area contributed by atoms with Gasteiger partial charge >= 0.3 is 5.97 Å². The van der Waals surface area contributed by atoms with Gasteiger partial charge < -0.3 is 4.74 Å². The van der Waals surface area contributed by atoms with Gasteiger partial charge in [0.15, 0.2) is 0 Å². The molecular weight excluding hydrogens is 351 g/mol. The molecule has 0 bridgehead atoms. The fourth-order valence-electron chi connectivity index (χ4n) is 2.81. The van der Waals surface area contributed by atoms with Crippen LogP contribution in [0.1, 0.15) is 15.2 Å². The van der Waals surface area contributed by atoms with Crippen LogP contribution in [0.5, 0.6) is 5.75 Å². The van der Waals surface area contributed by atoms with E-state index in [0.717, 1.165) is 15.8 Å². The molecule has 0 unspecified atom stereocenters. The molecule has 0 saturated carbocycles. The molecule has 0 atom stereocenters. The summed E-state index contributed by atoms with van der Waals surface area (Å²) in [6.45, 7) is 1.88. The molecule has 4 nitrogen and oxygen atoms in total. The van der Waals surface area contributed by atoms with E-state index in [0.29, 0.717) is 21.9 Å². The first kappa shape index (κ1) is 16.5. The van der Waals surface area contributed by atoms with Crippen LogP contribution < -0.4 is 4.74 Å². The highest BCUT2D eigenvalue weighted by atomic mass is 32.1. The lowest BCUT2D eigenvalue weighted by molar-refractivity contribution is 0.0738. The minimum absolute atomic E-state index is 0.345. The summed E-state index contributed by atoms with van der Waals surface area (Å²) in [6, 6.07) is 15.5. The Morgan fingerprint density at radius 1 is 1.15 bits per heavy atom. The Labute approximate surface area is 153 Å². The number of carbonyl (C=O) groups excluding carboxylic acids is 1. The summed E-state index contributed by atoms with van der Waals surface area (Å²) < 4.78 is 21.3. The van der Waals surface area contributed by atoms with Gasteiger partial charge in [-0.3, -0.25) is 4.68 Å². The zero-order chi connectivity index (χ0) is 18.3. The summed E-state index contributed by atoms with van der Waals surface area (Å²) >= 11 is 1.28. The Balaban J connectivity index is 1.75. The summed E-state index contributed by atoms with van der Waals surface area (Å²) in [5.41, 5.74) is 1.82. The third kappa shape index (κ3) is 2.78. The first-order chi connectivity index (χ1) is 12.5. The van der Waals surface area contributed by atoms with E-state index in [2.05, 4.69) is 5.10 Å². The molecule has 0 spiro atoms. The van der Waals surface area contributed by atoms with Crippen LogP contribution in [0.3, 0.4) is 0 Å². The van der Waals surface area contributed by atoms with Crippen LogP contribution in [0.2, 0.25) is 0 Å². The van der Waals surface area contributed by atoms with Gasteiger partial charge in [-0.1, -0.05) is 30.3 Å². The number of para-hydroxylation sites is 1. The lowest BCUT2D eigenvalue weighted by Crippen LogP contribution is -2.07.